The van der Waals surface area contributed by atoms with Crippen molar-refractivity contribution in [2.75, 3.05) is 5.73 Å². The lowest BCUT2D eigenvalue weighted by Gasteiger charge is -2.24. The van der Waals surface area contributed by atoms with Crippen molar-refractivity contribution in [1.29, 1.82) is 0 Å². The number of aromatic hydroxyl groups is 2. The Labute approximate surface area is 96.4 Å². The van der Waals surface area contributed by atoms with Crippen LogP contribution in [0.15, 0.2) is 12.1 Å². The lowest BCUT2D eigenvalue weighted by Crippen LogP contribution is -2.34. The van der Waals surface area contributed by atoms with Crippen LogP contribution in [0, 0.1) is 0 Å². The maximum Gasteiger partial charge on any atom is 0.404 e. The molecule has 0 bridgehead atoms. The molecule has 1 rings (SSSR count). The van der Waals surface area contributed by atoms with Gasteiger partial charge in [-0.2, -0.15) is 26.3 Å². The van der Waals surface area contributed by atoms with Crippen molar-refractivity contribution in [3.63, 3.8) is 0 Å². The zero-order valence-corrected chi connectivity index (χ0v) is 8.47. The summed E-state index contributed by atoms with van der Waals surface area (Å²) in [4.78, 5) is 0. The first-order chi connectivity index (χ1) is 7.96. The van der Waals surface area contributed by atoms with E-state index in [9.17, 15) is 31.4 Å². The van der Waals surface area contributed by atoms with Gasteiger partial charge in [-0.25, -0.2) is 0 Å². The summed E-state index contributed by atoms with van der Waals surface area (Å²) in [5.41, 5.74) is 2.58. The van der Waals surface area contributed by atoms with Crippen LogP contribution in [0.4, 0.5) is 32.0 Å². The van der Waals surface area contributed by atoms with Crippen LogP contribution >= 0.6 is 0 Å². The molecule has 0 aliphatic rings. The summed E-state index contributed by atoms with van der Waals surface area (Å²) in [6.07, 6.45) is -11.3. The van der Waals surface area contributed by atoms with Gasteiger partial charge in [-0.05, 0) is 6.07 Å². The molecule has 102 valence electrons. The van der Waals surface area contributed by atoms with Crippen LogP contribution in [-0.2, 0) is 0 Å². The largest absolute Gasteiger partial charge is 0.506 e. The normalized spacial score (nSPS) is 13.1. The monoisotopic (exact) mass is 275 g/mol. The van der Waals surface area contributed by atoms with E-state index in [0.29, 0.717) is 12.1 Å². The lowest BCUT2D eigenvalue weighted by molar-refractivity contribution is -0.253. The first-order valence-corrected chi connectivity index (χ1v) is 4.40. The molecule has 0 unspecified atom stereocenters. The molecule has 0 amide bonds. The van der Waals surface area contributed by atoms with E-state index in [1.165, 1.54) is 0 Å². The van der Waals surface area contributed by atoms with Gasteiger partial charge in [0.1, 0.15) is 17.2 Å². The standard InChI is InChI=1S/C9H7F6NO2/c10-8(11,12)7(9(13,14)15)3-1-2-4(17)5(16)6(3)18/h1-2,7,17-18H,16H2. The zero-order valence-electron chi connectivity index (χ0n) is 8.47. The number of nitrogens with two attached hydrogens (primary N) is 1. The molecule has 0 spiro atoms. The van der Waals surface area contributed by atoms with Crippen LogP contribution in [0.5, 0.6) is 11.5 Å². The number of rotatable bonds is 1. The predicted octanol–water partition coefficient (Wildman–Crippen LogP) is 2.89. The van der Waals surface area contributed by atoms with E-state index in [-0.39, 0.29) is 0 Å². The molecule has 1 aromatic rings. The smallest absolute Gasteiger partial charge is 0.404 e. The molecule has 0 radical (unpaired) electrons. The Morgan fingerprint density at radius 1 is 0.944 bits per heavy atom. The molecule has 1 aromatic carbocycles. The Kier molecular flexibility index (Phi) is 3.28. The minimum Gasteiger partial charge on any atom is -0.506 e. The van der Waals surface area contributed by atoms with Gasteiger partial charge in [-0.3, -0.25) is 0 Å². The van der Waals surface area contributed by atoms with E-state index in [1.54, 1.807) is 0 Å². The number of nitrogen functional groups attached to an aromatic ring is 1. The maximum atomic E-state index is 12.4. The topological polar surface area (TPSA) is 66.5 Å². The molecule has 0 fully saturated rings. The number of alkyl halides is 6. The summed E-state index contributed by atoms with van der Waals surface area (Å²) in [6, 6.07) is 0.877. The van der Waals surface area contributed by atoms with Crippen molar-refractivity contribution in [3.8, 4) is 11.5 Å². The van der Waals surface area contributed by atoms with Crippen molar-refractivity contribution >= 4 is 5.69 Å². The Balaban J connectivity index is 3.46. The summed E-state index contributed by atoms with van der Waals surface area (Å²) >= 11 is 0. The van der Waals surface area contributed by atoms with Gasteiger partial charge in [0.15, 0.2) is 5.92 Å². The maximum absolute atomic E-state index is 12.4. The SMILES string of the molecule is Nc1c(O)ccc(C(C(F)(F)F)C(F)(F)F)c1O. The van der Waals surface area contributed by atoms with Crippen molar-refractivity contribution in [2.45, 2.75) is 18.3 Å². The number of anilines is 1. The number of phenols is 2. The van der Waals surface area contributed by atoms with E-state index in [0.717, 1.165) is 0 Å². The van der Waals surface area contributed by atoms with Crippen molar-refractivity contribution in [2.24, 2.45) is 0 Å². The molecule has 3 nitrogen and oxygen atoms in total. The average molecular weight is 275 g/mol. The molecule has 9 heteroatoms. The van der Waals surface area contributed by atoms with Crippen molar-refractivity contribution in [3.05, 3.63) is 17.7 Å². The Hall–Kier alpha value is -1.80. The third-order valence-corrected chi connectivity index (χ3v) is 2.19. The molecule has 0 aromatic heterocycles. The van der Waals surface area contributed by atoms with E-state index >= 15 is 0 Å². The van der Waals surface area contributed by atoms with E-state index in [4.69, 9.17) is 10.8 Å². The zero-order chi connectivity index (χ0) is 14.3. The quantitative estimate of drug-likeness (QED) is 0.419. The molecule has 0 heterocycles. The number of phenolic OH excluding ortho intramolecular Hbond substituents is 2. The number of hydrogen-bond acceptors (Lipinski definition) is 3. The van der Waals surface area contributed by atoms with Gasteiger partial charge < -0.3 is 15.9 Å². The fraction of sp³-hybridized carbons (Fsp3) is 0.333. The predicted molar refractivity (Wildman–Crippen MR) is 49.0 cm³/mol. The molecular weight excluding hydrogens is 268 g/mol. The van der Waals surface area contributed by atoms with Crippen molar-refractivity contribution in [1.82, 2.24) is 0 Å². The van der Waals surface area contributed by atoms with Crippen LogP contribution in [0.2, 0.25) is 0 Å². The minimum atomic E-state index is -5.64. The van der Waals surface area contributed by atoms with E-state index in [1.807, 2.05) is 0 Å². The Morgan fingerprint density at radius 3 is 1.78 bits per heavy atom. The van der Waals surface area contributed by atoms with Crippen LogP contribution in [0.25, 0.3) is 0 Å². The third kappa shape index (κ3) is 2.54. The third-order valence-electron chi connectivity index (χ3n) is 2.19. The number of benzene rings is 1. The van der Waals surface area contributed by atoms with Gasteiger partial charge in [0, 0.05) is 5.56 Å². The first-order valence-electron chi connectivity index (χ1n) is 4.40. The highest BCUT2D eigenvalue weighted by atomic mass is 19.4. The fourth-order valence-electron chi connectivity index (χ4n) is 1.39. The van der Waals surface area contributed by atoms with Crippen LogP contribution in [0.3, 0.4) is 0 Å². The van der Waals surface area contributed by atoms with Gasteiger partial charge in [0.25, 0.3) is 0 Å². The van der Waals surface area contributed by atoms with E-state index < -0.39 is 41.0 Å². The molecule has 0 atom stereocenters. The number of halogens is 6. The molecule has 0 aliphatic heterocycles. The molecule has 0 saturated heterocycles. The summed E-state index contributed by atoms with van der Waals surface area (Å²) in [7, 11) is 0. The lowest BCUT2D eigenvalue weighted by atomic mass is 9.96. The molecule has 18 heavy (non-hydrogen) atoms. The van der Waals surface area contributed by atoms with Gasteiger partial charge in [-0.1, -0.05) is 6.07 Å². The van der Waals surface area contributed by atoms with Gasteiger partial charge in [0.2, 0.25) is 0 Å². The highest BCUT2D eigenvalue weighted by molar-refractivity contribution is 5.65. The fourth-order valence-corrected chi connectivity index (χ4v) is 1.39. The minimum absolute atomic E-state index is 0.326. The highest BCUT2D eigenvalue weighted by Gasteiger charge is 2.58. The van der Waals surface area contributed by atoms with Crippen LogP contribution in [-0.4, -0.2) is 22.6 Å². The van der Waals surface area contributed by atoms with E-state index in [2.05, 4.69) is 0 Å². The van der Waals surface area contributed by atoms with Gasteiger partial charge in [-0.15, -0.1) is 0 Å². The first kappa shape index (κ1) is 14.3. The van der Waals surface area contributed by atoms with Crippen molar-refractivity contribution < 1.29 is 36.6 Å². The van der Waals surface area contributed by atoms with Gasteiger partial charge in [0.05, 0.1) is 0 Å². The highest BCUT2D eigenvalue weighted by Crippen LogP contribution is 2.50. The molecule has 0 aliphatic carbocycles. The Bertz CT molecular complexity index is 440. The second kappa shape index (κ2) is 4.14. The van der Waals surface area contributed by atoms with Crippen LogP contribution < -0.4 is 5.73 Å². The Morgan fingerprint density at radius 2 is 1.39 bits per heavy atom. The summed E-state index contributed by atoms with van der Waals surface area (Å²) in [5, 5.41) is 18.2. The second-order valence-corrected chi connectivity index (χ2v) is 3.45. The summed E-state index contributed by atoms with van der Waals surface area (Å²) in [5.74, 6) is -6.11. The van der Waals surface area contributed by atoms with Crippen LogP contribution in [0.1, 0.15) is 11.5 Å². The number of hydrogen-bond donors (Lipinski definition) is 3. The molecule has 0 saturated carbocycles. The molecular formula is C9H7F6NO2. The second-order valence-electron chi connectivity index (χ2n) is 3.45. The van der Waals surface area contributed by atoms with Gasteiger partial charge >= 0.3 is 12.4 Å². The average Bonchev–Trinajstić information content (AvgIpc) is 2.15. The molecule has 4 N–H and O–H groups in total. The summed E-state index contributed by atoms with van der Waals surface area (Å²) in [6.45, 7) is 0. The summed E-state index contributed by atoms with van der Waals surface area (Å²) < 4.78 is 74.3.